The van der Waals surface area contributed by atoms with Crippen LogP contribution in [-0.2, 0) is 9.59 Å². The Morgan fingerprint density at radius 1 is 0.769 bits per heavy atom. The van der Waals surface area contributed by atoms with E-state index >= 15 is 0 Å². The number of rotatable bonds is 4. The van der Waals surface area contributed by atoms with Gasteiger partial charge in [0.25, 0.3) is 0 Å². The minimum Gasteiger partial charge on any atom is -0.481 e. The number of carboxylic acids is 2. The van der Waals surface area contributed by atoms with Crippen molar-refractivity contribution in [3.63, 3.8) is 0 Å². The quantitative estimate of drug-likeness (QED) is 0.790. The average Bonchev–Trinajstić information content (AvgIpc) is 2.62. The van der Waals surface area contributed by atoms with Gasteiger partial charge in [-0.3, -0.25) is 9.59 Å². The molecule has 1 aromatic carbocycles. The van der Waals surface area contributed by atoms with Crippen molar-refractivity contribution in [3.8, 4) is 24.3 Å². The normalized spacial score (nSPS) is 11.6. The molecule has 0 aliphatic rings. The summed E-state index contributed by atoms with van der Waals surface area (Å²) in [4.78, 5) is 22.8. The van der Waals surface area contributed by atoms with Crippen molar-refractivity contribution < 1.29 is 19.8 Å². The standard InChI is InChI=1S/C18H12N4O4/c1-9(17(23)24)13-3-16(12(7-21)8-22)14(10(2)18(25)26)4-15(13)11(5-19)6-20/h3-4,9-10H,1-2H3,(H,23,24)(H,25,26). The lowest BCUT2D eigenvalue weighted by molar-refractivity contribution is -0.139. The van der Waals surface area contributed by atoms with E-state index in [4.69, 9.17) is 21.0 Å². The van der Waals surface area contributed by atoms with Crippen molar-refractivity contribution in [2.45, 2.75) is 25.7 Å². The van der Waals surface area contributed by atoms with E-state index in [9.17, 15) is 19.8 Å². The van der Waals surface area contributed by atoms with Crippen LogP contribution in [0.25, 0.3) is 11.1 Å². The first-order valence-electron chi connectivity index (χ1n) is 7.21. The molecule has 0 spiro atoms. The number of carbonyl (C=O) groups is 2. The molecule has 8 heteroatoms. The van der Waals surface area contributed by atoms with Gasteiger partial charge in [-0.15, -0.1) is 0 Å². The molecular formula is C18H12N4O4. The SMILES string of the molecule is CC(C(=O)O)c1cc(=C(C#N)C#N)c(C(C)C(=O)O)cc1=C(C#N)C#N. The number of carboxylic acid groups (broad SMARTS) is 2. The van der Waals surface area contributed by atoms with Gasteiger partial charge in [0.2, 0.25) is 0 Å². The van der Waals surface area contributed by atoms with Crippen LogP contribution in [0, 0.1) is 45.3 Å². The molecule has 2 unspecified atom stereocenters. The fraction of sp³-hybridized carbons (Fsp3) is 0.222. The fourth-order valence-electron chi connectivity index (χ4n) is 2.34. The predicted molar refractivity (Wildman–Crippen MR) is 87.1 cm³/mol. The molecule has 0 bridgehead atoms. The van der Waals surface area contributed by atoms with Crippen LogP contribution in [0.3, 0.4) is 0 Å². The Bertz CT molecular complexity index is 955. The number of aliphatic carboxylic acids is 2. The van der Waals surface area contributed by atoms with E-state index in [1.807, 2.05) is 0 Å². The number of benzene rings is 1. The van der Waals surface area contributed by atoms with Crippen LogP contribution in [0.4, 0.5) is 0 Å². The molecule has 2 atom stereocenters. The van der Waals surface area contributed by atoms with Crippen molar-refractivity contribution in [1.82, 2.24) is 0 Å². The number of nitrogens with zero attached hydrogens (tertiary/aromatic N) is 4. The molecule has 2 N–H and O–H groups in total. The first-order valence-corrected chi connectivity index (χ1v) is 7.21. The molecular weight excluding hydrogens is 336 g/mol. The number of hydrogen-bond donors (Lipinski definition) is 2. The summed E-state index contributed by atoms with van der Waals surface area (Å²) in [5.74, 6) is -4.81. The Hall–Kier alpha value is -4.14. The first kappa shape index (κ1) is 19.9. The minimum atomic E-state index is -1.25. The summed E-state index contributed by atoms with van der Waals surface area (Å²) < 4.78 is 0. The van der Waals surface area contributed by atoms with E-state index in [1.165, 1.54) is 26.0 Å². The van der Waals surface area contributed by atoms with E-state index in [2.05, 4.69) is 0 Å². The molecule has 8 nitrogen and oxygen atoms in total. The van der Waals surface area contributed by atoms with Crippen molar-refractivity contribution in [2.75, 3.05) is 0 Å². The van der Waals surface area contributed by atoms with Crippen LogP contribution in [0.5, 0.6) is 0 Å². The van der Waals surface area contributed by atoms with E-state index in [0.717, 1.165) is 0 Å². The summed E-state index contributed by atoms with van der Waals surface area (Å²) in [6.45, 7) is 2.63. The molecule has 0 heterocycles. The van der Waals surface area contributed by atoms with Gasteiger partial charge >= 0.3 is 11.9 Å². The summed E-state index contributed by atoms with van der Waals surface area (Å²) >= 11 is 0. The second kappa shape index (κ2) is 8.11. The van der Waals surface area contributed by atoms with E-state index in [-0.39, 0.29) is 21.6 Å². The highest BCUT2D eigenvalue weighted by atomic mass is 16.4. The molecule has 0 aromatic heterocycles. The van der Waals surface area contributed by atoms with Crippen LogP contribution in [0.15, 0.2) is 12.1 Å². The first-order chi connectivity index (χ1) is 12.2. The Morgan fingerprint density at radius 2 is 1.04 bits per heavy atom. The third kappa shape index (κ3) is 3.67. The van der Waals surface area contributed by atoms with E-state index in [0.29, 0.717) is 0 Å². The Labute approximate surface area is 148 Å². The van der Waals surface area contributed by atoms with Crippen LogP contribution in [-0.4, -0.2) is 22.2 Å². The molecule has 0 saturated heterocycles. The van der Waals surface area contributed by atoms with Gasteiger partial charge in [-0.1, -0.05) is 0 Å². The molecule has 0 aliphatic heterocycles. The molecule has 0 fully saturated rings. The monoisotopic (exact) mass is 348 g/mol. The molecule has 0 aliphatic carbocycles. The second-order valence-corrected chi connectivity index (χ2v) is 5.34. The Kier molecular flexibility index (Phi) is 6.21. The van der Waals surface area contributed by atoms with Gasteiger partial charge in [0, 0.05) is 10.4 Å². The lowest BCUT2D eigenvalue weighted by Crippen LogP contribution is -2.29. The summed E-state index contributed by atoms with van der Waals surface area (Å²) in [6.07, 6.45) is 0. The highest BCUT2D eigenvalue weighted by molar-refractivity contribution is 5.82. The molecule has 0 radical (unpaired) electrons. The predicted octanol–water partition coefficient (Wildman–Crippen LogP) is 0.459. The average molecular weight is 348 g/mol. The van der Waals surface area contributed by atoms with Gasteiger partial charge in [-0.2, -0.15) is 21.0 Å². The summed E-state index contributed by atoms with van der Waals surface area (Å²) in [6, 6.07) is 9.00. The van der Waals surface area contributed by atoms with Gasteiger partial charge in [-0.05, 0) is 37.1 Å². The van der Waals surface area contributed by atoms with Crippen molar-refractivity contribution in [3.05, 3.63) is 33.7 Å². The Balaban J connectivity index is 4.33. The van der Waals surface area contributed by atoms with E-state index in [1.54, 1.807) is 24.3 Å². The fourth-order valence-corrected chi connectivity index (χ4v) is 2.34. The minimum absolute atomic E-state index is 0.0352. The maximum absolute atomic E-state index is 11.4. The van der Waals surface area contributed by atoms with Gasteiger partial charge < -0.3 is 10.2 Å². The smallest absolute Gasteiger partial charge is 0.310 e. The van der Waals surface area contributed by atoms with Gasteiger partial charge in [-0.25, -0.2) is 0 Å². The summed E-state index contributed by atoms with van der Waals surface area (Å²) in [5.41, 5.74) is -0.715. The summed E-state index contributed by atoms with van der Waals surface area (Å²) in [7, 11) is 0. The highest BCUT2D eigenvalue weighted by Gasteiger charge is 2.22. The summed E-state index contributed by atoms with van der Waals surface area (Å²) in [5, 5.41) is 55.1. The Morgan fingerprint density at radius 3 is 1.23 bits per heavy atom. The van der Waals surface area contributed by atoms with Gasteiger partial charge in [0.15, 0.2) is 0 Å². The van der Waals surface area contributed by atoms with Crippen molar-refractivity contribution in [2.24, 2.45) is 0 Å². The molecule has 1 aromatic rings. The zero-order valence-electron chi connectivity index (χ0n) is 13.8. The van der Waals surface area contributed by atoms with Gasteiger partial charge in [0.05, 0.1) is 11.8 Å². The third-order valence-electron chi connectivity index (χ3n) is 3.88. The zero-order chi connectivity index (χ0) is 20.0. The molecule has 0 saturated carbocycles. The molecule has 0 amide bonds. The van der Waals surface area contributed by atoms with Crippen LogP contribution in [0.2, 0.25) is 0 Å². The van der Waals surface area contributed by atoms with Crippen molar-refractivity contribution >= 4 is 23.1 Å². The molecule has 128 valence electrons. The van der Waals surface area contributed by atoms with Crippen molar-refractivity contribution in [1.29, 1.82) is 21.0 Å². The lowest BCUT2D eigenvalue weighted by atomic mass is 9.89. The molecule has 1 rings (SSSR count). The van der Waals surface area contributed by atoms with Crippen LogP contribution < -0.4 is 10.4 Å². The maximum Gasteiger partial charge on any atom is 0.310 e. The van der Waals surface area contributed by atoms with Crippen LogP contribution in [0.1, 0.15) is 36.8 Å². The molecule has 26 heavy (non-hydrogen) atoms. The number of hydrogen-bond acceptors (Lipinski definition) is 6. The van der Waals surface area contributed by atoms with E-state index < -0.39 is 34.9 Å². The number of nitriles is 4. The highest BCUT2D eigenvalue weighted by Crippen LogP contribution is 2.16. The third-order valence-corrected chi connectivity index (χ3v) is 3.88. The topological polar surface area (TPSA) is 170 Å². The van der Waals surface area contributed by atoms with Crippen LogP contribution >= 0.6 is 0 Å². The second-order valence-electron chi connectivity index (χ2n) is 5.34. The lowest BCUT2D eigenvalue weighted by Gasteiger charge is -2.14. The zero-order valence-corrected chi connectivity index (χ0v) is 13.8. The maximum atomic E-state index is 11.4. The van der Waals surface area contributed by atoms with Gasteiger partial charge in [0.1, 0.15) is 35.4 Å². The largest absolute Gasteiger partial charge is 0.481 e.